The summed E-state index contributed by atoms with van der Waals surface area (Å²) in [7, 11) is 1.35. The summed E-state index contributed by atoms with van der Waals surface area (Å²) in [4.78, 5) is 21.4. The molecule has 0 saturated carbocycles. The smallest absolute Gasteiger partial charge is 0.322 e. The Morgan fingerprint density at radius 1 is 0.857 bits per heavy atom. The molecule has 2 aromatic rings. The predicted octanol–water partition coefficient (Wildman–Crippen LogP) is 2.57. The van der Waals surface area contributed by atoms with Crippen LogP contribution in [0.3, 0.4) is 0 Å². The minimum Gasteiger partial charge on any atom is -0.480 e. The van der Waals surface area contributed by atoms with E-state index in [0.29, 0.717) is 19.3 Å². The largest absolute Gasteiger partial charge is 0.480 e. The van der Waals surface area contributed by atoms with Gasteiger partial charge in [-0.3, -0.25) is 9.59 Å². The molecular weight excluding hydrogens is 380 g/mol. The molecule has 0 fully saturated rings. The summed E-state index contributed by atoms with van der Waals surface area (Å²) in [6, 6.07) is 18.4. The number of methoxy groups -OCH3 is 1. The second-order valence-electron chi connectivity index (χ2n) is 6.12. The summed E-state index contributed by atoms with van der Waals surface area (Å²) in [5, 5.41) is 8.54. The number of hydrogen-bond acceptors (Lipinski definition) is 5. The van der Waals surface area contributed by atoms with Crippen LogP contribution in [-0.4, -0.2) is 36.2 Å². The van der Waals surface area contributed by atoms with Gasteiger partial charge in [0, 0.05) is 0 Å². The van der Waals surface area contributed by atoms with E-state index < -0.39 is 18.1 Å². The van der Waals surface area contributed by atoms with Crippen molar-refractivity contribution in [2.45, 2.75) is 37.8 Å². The van der Waals surface area contributed by atoms with Crippen molar-refractivity contribution in [1.82, 2.24) is 0 Å². The van der Waals surface area contributed by atoms with Crippen LogP contribution in [0.1, 0.15) is 24.0 Å². The van der Waals surface area contributed by atoms with Crippen LogP contribution in [0.25, 0.3) is 0 Å². The van der Waals surface area contributed by atoms with E-state index >= 15 is 0 Å². The van der Waals surface area contributed by atoms with Crippen molar-refractivity contribution in [2.75, 3.05) is 7.11 Å². The molecular formula is C21H29ClN2O4. The molecule has 28 heavy (non-hydrogen) atoms. The monoisotopic (exact) mass is 408 g/mol. The highest BCUT2D eigenvalue weighted by Crippen LogP contribution is 2.05. The summed E-state index contributed by atoms with van der Waals surface area (Å²) in [6.45, 7) is 0. The van der Waals surface area contributed by atoms with Crippen LogP contribution in [0.4, 0.5) is 0 Å². The number of carboxylic acids is 1. The Balaban J connectivity index is 0.000000504. The second-order valence-corrected chi connectivity index (χ2v) is 6.12. The summed E-state index contributed by atoms with van der Waals surface area (Å²) < 4.78 is 4.54. The lowest BCUT2D eigenvalue weighted by Crippen LogP contribution is -2.31. The van der Waals surface area contributed by atoms with Crippen molar-refractivity contribution in [3.05, 3.63) is 71.8 Å². The molecule has 6 nitrogen and oxygen atoms in total. The molecule has 0 radical (unpaired) electrons. The number of carbonyl (C=O) groups excluding carboxylic acids is 1. The summed E-state index contributed by atoms with van der Waals surface area (Å²) in [5.41, 5.74) is 13.3. The minimum absolute atomic E-state index is 0. The van der Waals surface area contributed by atoms with Crippen molar-refractivity contribution in [3.63, 3.8) is 0 Å². The van der Waals surface area contributed by atoms with Gasteiger partial charge in [-0.1, -0.05) is 60.7 Å². The number of benzene rings is 2. The predicted molar refractivity (Wildman–Crippen MR) is 112 cm³/mol. The van der Waals surface area contributed by atoms with E-state index in [9.17, 15) is 9.59 Å². The van der Waals surface area contributed by atoms with Crippen LogP contribution in [0.2, 0.25) is 0 Å². The van der Waals surface area contributed by atoms with Crippen LogP contribution in [-0.2, 0) is 27.2 Å². The van der Waals surface area contributed by atoms with Crippen LogP contribution in [0, 0.1) is 0 Å². The molecule has 0 unspecified atom stereocenters. The molecule has 7 heteroatoms. The Morgan fingerprint density at radius 3 is 1.61 bits per heavy atom. The first kappa shape index (κ1) is 25.6. The van der Waals surface area contributed by atoms with Gasteiger partial charge in [-0.2, -0.15) is 0 Å². The number of carboxylic acid groups (broad SMARTS) is 1. The zero-order valence-electron chi connectivity index (χ0n) is 16.0. The van der Waals surface area contributed by atoms with E-state index in [4.69, 9.17) is 16.6 Å². The van der Waals surface area contributed by atoms with Gasteiger partial charge in [-0.15, -0.1) is 12.4 Å². The third kappa shape index (κ3) is 10.7. The van der Waals surface area contributed by atoms with Gasteiger partial charge in [0.15, 0.2) is 0 Å². The molecule has 0 spiro atoms. The van der Waals surface area contributed by atoms with Gasteiger partial charge in [0.2, 0.25) is 0 Å². The number of aliphatic carboxylic acids is 1. The van der Waals surface area contributed by atoms with Gasteiger partial charge < -0.3 is 21.3 Å². The third-order valence-corrected chi connectivity index (χ3v) is 3.99. The first-order chi connectivity index (χ1) is 12.9. The van der Waals surface area contributed by atoms with Crippen molar-refractivity contribution in [1.29, 1.82) is 0 Å². The fourth-order valence-electron chi connectivity index (χ4n) is 2.33. The van der Waals surface area contributed by atoms with Gasteiger partial charge in [0.1, 0.15) is 12.1 Å². The Hall–Kier alpha value is -2.41. The molecule has 2 rings (SSSR count). The highest BCUT2D eigenvalue weighted by Gasteiger charge is 2.12. The molecule has 0 aliphatic heterocycles. The topological polar surface area (TPSA) is 116 Å². The van der Waals surface area contributed by atoms with Gasteiger partial charge in [-0.05, 0) is 36.8 Å². The molecule has 154 valence electrons. The van der Waals surface area contributed by atoms with Gasteiger partial charge in [-0.25, -0.2) is 0 Å². The number of hydrogen-bond donors (Lipinski definition) is 3. The van der Waals surface area contributed by atoms with E-state index in [1.54, 1.807) is 0 Å². The second kappa shape index (κ2) is 14.6. The van der Waals surface area contributed by atoms with Crippen molar-refractivity contribution in [3.8, 4) is 0 Å². The number of aryl methyl sites for hydroxylation is 2. The van der Waals surface area contributed by atoms with Crippen molar-refractivity contribution in [2.24, 2.45) is 11.5 Å². The minimum atomic E-state index is -0.934. The van der Waals surface area contributed by atoms with Crippen molar-refractivity contribution >= 4 is 24.3 Å². The van der Waals surface area contributed by atoms with Gasteiger partial charge in [0.05, 0.1) is 7.11 Å². The zero-order chi connectivity index (χ0) is 20.1. The fraction of sp³-hybridized carbons (Fsp3) is 0.333. The lowest BCUT2D eigenvalue weighted by Gasteiger charge is -2.08. The molecule has 2 aromatic carbocycles. The maximum absolute atomic E-state index is 11.0. The maximum Gasteiger partial charge on any atom is 0.322 e. The van der Waals surface area contributed by atoms with Gasteiger partial charge in [0.25, 0.3) is 0 Å². The van der Waals surface area contributed by atoms with Crippen LogP contribution in [0.15, 0.2) is 60.7 Å². The van der Waals surface area contributed by atoms with E-state index in [0.717, 1.165) is 12.0 Å². The number of esters is 1. The molecule has 0 amide bonds. The number of ether oxygens (including phenoxy) is 1. The summed E-state index contributed by atoms with van der Waals surface area (Å²) in [5.74, 6) is -1.28. The Labute approximate surface area is 172 Å². The Kier molecular flexibility index (Phi) is 13.4. The molecule has 0 bridgehead atoms. The van der Waals surface area contributed by atoms with E-state index in [1.165, 1.54) is 12.7 Å². The first-order valence-corrected chi connectivity index (χ1v) is 8.83. The Morgan fingerprint density at radius 2 is 1.25 bits per heavy atom. The number of halogens is 1. The van der Waals surface area contributed by atoms with Crippen LogP contribution >= 0.6 is 12.4 Å². The molecule has 0 saturated heterocycles. The summed E-state index contributed by atoms with van der Waals surface area (Å²) in [6.07, 6.45) is 2.63. The Bertz CT molecular complexity index is 683. The first-order valence-electron chi connectivity index (χ1n) is 8.83. The average Bonchev–Trinajstić information content (AvgIpc) is 2.71. The molecule has 2 atom stereocenters. The van der Waals surface area contributed by atoms with Gasteiger partial charge >= 0.3 is 11.9 Å². The number of carbonyl (C=O) groups is 2. The zero-order valence-corrected chi connectivity index (χ0v) is 16.8. The summed E-state index contributed by atoms with van der Waals surface area (Å²) >= 11 is 0. The van der Waals surface area contributed by atoms with Crippen LogP contribution in [0.5, 0.6) is 0 Å². The third-order valence-electron chi connectivity index (χ3n) is 3.99. The highest BCUT2D eigenvalue weighted by molar-refractivity contribution is 5.85. The standard InChI is InChI=1S/C11H15NO2.C10H13NO2.ClH/c1-14-11(13)10(12)8-7-9-5-3-2-4-6-9;11-9(10(12)13)7-6-8-4-2-1-3-5-8;/h2-6,10H,7-8,12H2,1H3;1-5,9H,6-7,11H2,(H,12,13);1H/t10-;9-;/m10./s1. The highest BCUT2D eigenvalue weighted by atomic mass is 35.5. The quantitative estimate of drug-likeness (QED) is 0.578. The van der Waals surface area contributed by atoms with E-state index in [-0.39, 0.29) is 18.4 Å². The van der Waals surface area contributed by atoms with Crippen molar-refractivity contribution < 1.29 is 19.4 Å². The molecule has 0 heterocycles. The number of nitrogens with two attached hydrogens (primary N) is 2. The molecule has 0 aromatic heterocycles. The van der Waals surface area contributed by atoms with E-state index in [2.05, 4.69) is 4.74 Å². The molecule has 0 aliphatic rings. The SMILES string of the molecule is COC(=O)[C@H](N)CCc1ccccc1.Cl.N[C@@H](CCc1ccccc1)C(=O)O. The lowest BCUT2D eigenvalue weighted by atomic mass is 10.1. The maximum atomic E-state index is 11.0. The van der Waals surface area contributed by atoms with Crippen LogP contribution < -0.4 is 11.5 Å². The lowest BCUT2D eigenvalue weighted by molar-refractivity contribution is -0.142. The normalized spacial score (nSPS) is 11.8. The molecule has 5 N–H and O–H groups in total. The van der Waals surface area contributed by atoms with E-state index in [1.807, 2.05) is 60.7 Å². The number of rotatable bonds is 8. The fourth-order valence-corrected chi connectivity index (χ4v) is 2.33. The average molecular weight is 409 g/mol. The molecule has 0 aliphatic carbocycles.